The highest BCUT2D eigenvalue weighted by molar-refractivity contribution is 7.81. The number of aromatic nitrogens is 1. The second-order valence-corrected chi connectivity index (χ2v) is 17.5. The van der Waals surface area contributed by atoms with Crippen molar-refractivity contribution in [1.29, 1.82) is 10.5 Å². The molecule has 63 heavy (non-hydrogen) atoms. The van der Waals surface area contributed by atoms with Gasteiger partial charge in [-0.25, -0.2) is 4.98 Å². The molecule has 2 aliphatic carbocycles. The number of hydrogen-bond acceptors (Lipinski definition) is 13. The van der Waals surface area contributed by atoms with Crippen molar-refractivity contribution in [3.63, 3.8) is 0 Å². The van der Waals surface area contributed by atoms with Gasteiger partial charge >= 0.3 is 6.18 Å². The molecule has 2 saturated carbocycles. The van der Waals surface area contributed by atoms with E-state index in [1.807, 2.05) is 23.1 Å². The number of benzene rings is 2. The molecule has 4 atom stereocenters. The second-order valence-electron chi connectivity index (χ2n) is 17.1. The lowest BCUT2D eigenvalue weighted by atomic mass is 9.75. The molecule has 19 heteroatoms. The van der Waals surface area contributed by atoms with Crippen LogP contribution < -0.4 is 30.5 Å². The van der Waals surface area contributed by atoms with Crippen LogP contribution in [0.3, 0.4) is 0 Å². The van der Waals surface area contributed by atoms with Crippen LogP contribution >= 0.6 is 12.6 Å². The van der Waals surface area contributed by atoms with E-state index in [4.69, 9.17) is 17.4 Å². The van der Waals surface area contributed by atoms with Gasteiger partial charge in [0.05, 0.1) is 35.6 Å². The molecule has 4 heterocycles. The van der Waals surface area contributed by atoms with Crippen molar-refractivity contribution in [3.8, 4) is 17.9 Å². The molecular formula is C44H47F3N10O5S. The normalized spacial score (nSPS) is 23.8. The largest absolute Gasteiger partial charge is 0.492 e. The van der Waals surface area contributed by atoms with Gasteiger partial charge in [-0.05, 0) is 106 Å². The van der Waals surface area contributed by atoms with E-state index in [2.05, 4.69) is 50.7 Å². The van der Waals surface area contributed by atoms with Crippen molar-refractivity contribution in [2.24, 2.45) is 0 Å². The third-order valence-corrected chi connectivity index (χ3v) is 13.1. The Bertz CT molecular complexity index is 2400. The van der Waals surface area contributed by atoms with Gasteiger partial charge in [0, 0.05) is 55.2 Å². The molecule has 5 aliphatic rings. The Labute approximate surface area is 367 Å². The number of carbonyl (C=O) groups is 4. The SMILES string of the molecule is C[C@@H]1CN(CCOc2ccc(N3C(S)N(c4cnc(C#N)c(C(F)(F)F)c4)C(=O)C34CCC4)cc2C2CC2)C[C@H](C)N1CC(=O)Nc1cc(C#N)cc(NC2CCC(=O)NC2=O)c1. The number of hydrogen-bond donors (Lipinski definition) is 4. The molecule has 2 unspecified atom stereocenters. The first-order chi connectivity index (χ1) is 30.1. The van der Waals surface area contributed by atoms with E-state index in [1.165, 1.54) is 11.0 Å². The number of thiol groups is 1. The summed E-state index contributed by atoms with van der Waals surface area (Å²) in [6, 6.07) is 14.4. The van der Waals surface area contributed by atoms with Crippen molar-refractivity contribution < 1.29 is 37.1 Å². The molecule has 4 amide bonds. The first-order valence-electron chi connectivity index (χ1n) is 21.1. The number of carbonyl (C=O) groups excluding carboxylic acids is 4. The fraction of sp³-hybridized carbons (Fsp3) is 0.477. The average Bonchev–Trinajstić information content (AvgIpc) is 4.04. The maximum absolute atomic E-state index is 14.1. The van der Waals surface area contributed by atoms with Gasteiger partial charge in [-0.15, -0.1) is 12.6 Å². The number of amides is 4. The summed E-state index contributed by atoms with van der Waals surface area (Å²) < 4.78 is 48.1. The lowest BCUT2D eigenvalue weighted by molar-refractivity contribution is -0.138. The quantitative estimate of drug-likeness (QED) is 0.135. The van der Waals surface area contributed by atoms with Crippen molar-refractivity contribution >= 4 is 59.0 Å². The molecule has 3 aliphatic heterocycles. The zero-order valence-corrected chi connectivity index (χ0v) is 35.6. The third kappa shape index (κ3) is 8.87. The van der Waals surface area contributed by atoms with Crippen molar-refractivity contribution in [1.82, 2.24) is 20.1 Å². The van der Waals surface area contributed by atoms with Gasteiger partial charge in [-0.3, -0.25) is 39.2 Å². The van der Waals surface area contributed by atoms with Gasteiger partial charge in [0.15, 0.2) is 11.2 Å². The highest BCUT2D eigenvalue weighted by Crippen LogP contribution is 2.52. The number of imide groups is 1. The number of piperidine rings is 1. The maximum atomic E-state index is 14.1. The minimum Gasteiger partial charge on any atom is -0.492 e. The van der Waals surface area contributed by atoms with E-state index < -0.39 is 40.4 Å². The van der Waals surface area contributed by atoms with E-state index in [-0.39, 0.29) is 54.4 Å². The summed E-state index contributed by atoms with van der Waals surface area (Å²) in [6.07, 6.45) is 0.571. The number of halogens is 3. The average molecular weight is 885 g/mol. The Morgan fingerprint density at radius 2 is 1.73 bits per heavy atom. The van der Waals surface area contributed by atoms with Gasteiger partial charge in [0.1, 0.15) is 30.0 Å². The number of anilines is 4. The lowest BCUT2D eigenvalue weighted by Gasteiger charge is -2.45. The summed E-state index contributed by atoms with van der Waals surface area (Å²) in [5, 5.41) is 27.2. The third-order valence-electron chi connectivity index (χ3n) is 12.7. The summed E-state index contributed by atoms with van der Waals surface area (Å²) in [5.41, 5.74) is -1.01. The fourth-order valence-corrected chi connectivity index (χ4v) is 9.87. The molecule has 0 bridgehead atoms. The first kappa shape index (κ1) is 43.7. The zero-order valence-electron chi connectivity index (χ0n) is 34.7. The molecule has 1 spiro atoms. The van der Waals surface area contributed by atoms with Crippen LogP contribution in [0, 0.1) is 22.7 Å². The van der Waals surface area contributed by atoms with Crippen LogP contribution in [-0.4, -0.2) is 100 Å². The summed E-state index contributed by atoms with van der Waals surface area (Å²) in [5.74, 6) is -0.365. The molecule has 1 aromatic heterocycles. The topological polar surface area (TPSA) is 187 Å². The fourth-order valence-electron chi connectivity index (χ4n) is 9.28. The van der Waals surface area contributed by atoms with E-state index >= 15 is 0 Å². The van der Waals surface area contributed by atoms with Gasteiger partial charge in [0.25, 0.3) is 5.91 Å². The van der Waals surface area contributed by atoms with Gasteiger partial charge in [0.2, 0.25) is 17.7 Å². The van der Waals surface area contributed by atoms with Gasteiger partial charge < -0.3 is 20.3 Å². The summed E-state index contributed by atoms with van der Waals surface area (Å²) in [7, 11) is 0. The van der Waals surface area contributed by atoms with E-state index in [9.17, 15) is 42.9 Å². The smallest absolute Gasteiger partial charge is 0.419 e. The molecule has 15 nitrogen and oxygen atoms in total. The molecule has 0 radical (unpaired) electrons. The minimum atomic E-state index is -4.84. The van der Waals surface area contributed by atoms with Crippen molar-refractivity contribution in [3.05, 3.63) is 71.0 Å². The van der Waals surface area contributed by atoms with Crippen LogP contribution in [0.2, 0.25) is 0 Å². The Kier molecular flexibility index (Phi) is 12.0. The van der Waals surface area contributed by atoms with E-state index in [0.717, 1.165) is 48.5 Å². The summed E-state index contributed by atoms with van der Waals surface area (Å²) in [4.78, 5) is 62.6. The molecular weight excluding hydrogens is 838 g/mol. The van der Waals surface area contributed by atoms with Crippen molar-refractivity contribution in [2.75, 3.05) is 53.2 Å². The number of nitrogens with zero attached hydrogens (tertiary/aromatic N) is 7. The second kappa shape index (κ2) is 17.3. The van der Waals surface area contributed by atoms with Crippen LogP contribution in [0.25, 0.3) is 0 Å². The summed E-state index contributed by atoms with van der Waals surface area (Å²) in [6.45, 7) is 6.71. The summed E-state index contributed by atoms with van der Waals surface area (Å²) >= 11 is 4.82. The van der Waals surface area contributed by atoms with Gasteiger partial charge in [-0.1, -0.05) is 0 Å². The molecule has 8 rings (SSSR count). The Morgan fingerprint density at radius 3 is 2.37 bits per heavy atom. The molecule has 5 fully saturated rings. The van der Waals surface area contributed by atoms with Crippen LogP contribution in [0.15, 0.2) is 48.7 Å². The van der Waals surface area contributed by atoms with Crippen LogP contribution in [-0.2, 0) is 25.4 Å². The Morgan fingerprint density at radius 1 is 1.00 bits per heavy atom. The number of nitriles is 2. The monoisotopic (exact) mass is 884 g/mol. The highest BCUT2D eigenvalue weighted by atomic mass is 32.1. The number of piperazine rings is 1. The van der Waals surface area contributed by atoms with Crippen LogP contribution in [0.5, 0.6) is 5.75 Å². The van der Waals surface area contributed by atoms with Crippen LogP contribution in [0.4, 0.5) is 35.9 Å². The Balaban J connectivity index is 0.884. The van der Waals surface area contributed by atoms with Gasteiger partial charge in [-0.2, -0.15) is 23.7 Å². The van der Waals surface area contributed by atoms with Crippen molar-refractivity contribution in [2.45, 2.75) is 100 Å². The predicted octanol–water partition coefficient (Wildman–Crippen LogP) is 5.34. The predicted molar refractivity (Wildman–Crippen MR) is 229 cm³/mol. The number of ether oxygens (including phenoxy) is 1. The number of pyridine rings is 1. The minimum absolute atomic E-state index is 0.0341. The zero-order chi connectivity index (χ0) is 44.8. The van der Waals surface area contributed by atoms with Crippen LogP contribution in [0.1, 0.15) is 87.1 Å². The van der Waals surface area contributed by atoms with E-state index in [1.54, 1.807) is 18.2 Å². The molecule has 330 valence electrons. The molecule has 3 N–H and O–H groups in total. The number of alkyl halides is 3. The number of rotatable bonds is 12. The molecule has 3 aromatic rings. The highest BCUT2D eigenvalue weighted by Gasteiger charge is 2.60. The molecule has 3 saturated heterocycles. The molecule has 2 aromatic carbocycles. The lowest BCUT2D eigenvalue weighted by Crippen LogP contribution is -2.58. The number of nitrogens with one attached hydrogen (secondary N) is 3. The van der Waals surface area contributed by atoms with E-state index in [0.29, 0.717) is 62.4 Å². The maximum Gasteiger partial charge on any atom is 0.419 e. The Hall–Kier alpha value is -5.89. The first-order valence-corrected chi connectivity index (χ1v) is 21.6. The standard InChI is InChI=1S/C44H47F3N10O5S/c1-25-22-54(23-26(2)55(25)24-39(59)52-30-15-27(19-48)14-29(16-30)51-35-7-9-38(58)53-40(35)60)12-13-62-37-8-6-31(17-33(37)28-4-5-28)57-42(63)56(41(61)43(57)10-3-11-43)32-18-34(44(45,46)47)36(20-49)50-21-32/h6,8,14-18,21,25-26,28,35,42,51,63H,3-5,7,9-13,22-24H2,1-2H3,(H,52,59)(H,53,58,60)/t25-,26+,35?,42?.